The number of urea groups is 1. The minimum atomic E-state index is -3.06. The van der Waals surface area contributed by atoms with Gasteiger partial charge in [0.1, 0.15) is 24.2 Å². The summed E-state index contributed by atoms with van der Waals surface area (Å²) < 4.78 is 34.5. The van der Waals surface area contributed by atoms with E-state index < -0.39 is 36.4 Å². The summed E-state index contributed by atoms with van der Waals surface area (Å²) in [5.41, 5.74) is 6.45. The number of alkyl halides is 2. The van der Waals surface area contributed by atoms with E-state index in [2.05, 4.69) is 10.3 Å². The molecule has 4 rings (SSSR count). The predicted octanol–water partition coefficient (Wildman–Crippen LogP) is 1.26. The molecule has 4 amide bonds. The van der Waals surface area contributed by atoms with Crippen LogP contribution in [-0.2, 0) is 16.1 Å². The predicted molar refractivity (Wildman–Crippen MR) is 106 cm³/mol. The van der Waals surface area contributed by atoms with E-state index in [1.54, 1.807) is 29.7 Å². The molecule has 31 heavy (non-hydrogen) atoms. The smallest absolute Gasteiger partial charge is 0.333 e. The van der Waals surface area contributed by atoms with E-state index in [-0.39, 0.29) is 12.4 Å². The van der Waals surface area contributed by atoms with Crippen molar-refractivity contribution < 1.29 is 27.9 Å². The third kappa shape index (κ3) is 3.43. The molecule has 0 spiro atoms. The van der Waals surface area contributed by atoms with Crippen molar-refractivity contribution in [1.82, 2.24) is 14.5 Å². The average molecular weight is 434 g/mol. The normalized spacial score (nSPS) is 19.1. The number of carbonyl (C=O) groups is 3. The maximum atomic E-state index is 13.5. The fourth-order valence-corrected chi connectivity index (χ4v) is 3.54. The average Bonchev–Trinajstić information content (AvgIpc) is 3.16. The molecule has 0 saturated carbocycles. The highest BCUT2D eigenvalue weighted by atomic mass is 19.3. The molecule has 3 heterocycles. The molecule has 2 aliphatic rings. The first-order valence-electron chi connectivity index (χ1n) is 9.48. The number of hydrogen-bond acceptors (Lipinski definition) is 6. The third-order valence-electron chi connectivity index (χ3n) is 5.23. The monoisotopic (exact) mass is 434 g/mol. The number of primary amides is 1. The van der Waals surface area contributed by atoms with Gasteiger partial charge < -0.3 is 20.4 Å². The molecule has 164 valence electrons. The summed E-state index contributed by atoms with van der Waals surface area (Å²) in [7, 11) is 1.16. The summed E-state index contributed by atoms with van der Waals surface area (Å²) in [5, 5.41) is 2.96. The van der Waals surface area contributed by atoms with Gasteiger partial charge in [0.25, 0.3) is 12.3 Å². The Kier molecular flexibility index (Phi) is 4.99. The highest BCUT2D eigenvalue weighted by Gasteiger charge is 2.50. The van der Waals surface area contributed by atoms with Crippen LogP contribution in [0.1, 0.15) is 6.92 Å². The first-order chi connectivity index (χ1) is 14.7. The van der Waals surface area contributed by atoms with Crippen molar-refractivity contribution in [1.29, 1.82) is 0 Å². The van der Waals surface area contributed by atoms with E-state index in [1.807, 2.05) is 0 Å². The van der Waals surface area contributed by atoms with E-state index in [0.717, 1.165) is 11.9 Å². The maximum Gasteiger partial charge on any atom is 0.333 e. The number of anilines is 2. The lowest BCUT2D eigenvalue weighted by Gasteiger charge is -2.18. The van der Waals surface area contributed by atoms with Gasteiger partial charge in [-0.05, 0) is 19.1 Å². The topological polar surface area (TPSA) is 123 Å². The van der Waals surface area contributed by atoms with Crippen molar-refractivity contribution >= 4 is 29.4 Å². The molecule has 10 nitrogen and oxygen atoms in total. The zero-order chi connectivity index (χ0) is 22.4. The fraction of sp³-hybridized carbons (Fsp3) is 0.368. The maximum absolute atomic E-state index is 13.5. The third-order valence-corrected chi connectivity index (χ3v) is 5.23. The summed E-state index contributed by atoms with van der Waals surface area (Å²) in [6, 6.07) is 1.70. The second kappa shape index (κ2) is 7.52. The Bertz CT molecular complexity index is 1070. The lowest BCUT2D eigenvalue weighted by atomic mass is 10.1. The van der Waals surface area contributed by atoms with Crippen molar-refractivity contribution in [2.75, 3.05) is 23.9 Å². The van der Waals surface area contributed by atoms with Gasteiger partial charge >= 0.3 is 6.03 Å². The van der Waals surface area contributed by atoms with Gasteiger partial charge in [0, 0.05) is 25.0 Å². The number of halogens is 2. The Morgan fingerprint density at radius 1 is 1.35 bits per heavy atom. The van der Waals surface area contributed by atoms with Gasteiger partial charge in [-0.15, -0.1) is 0 Å². The number of fused-ring (bicyclic) bond motifs is 3. The van der Waals surface area contributed by atoms with Crippen molar-refractivity contribution in [3.8, 4) is 17.1 Å². The molecule has 0 bridgehead atoms. The lowest BCUT2D eigenvalue weighted by Crippen LogP contribution is -2.40. The van der Waals surface area contributed by atoms with Gasteiger partial charge in [0.05, 0.1) is 12.1 Å². The Labute approximate surface area is 175 Å². The molecule has 0 aliphatic carbocycles. The van der Waals surface area contributed by atoms with Crippen LogP contribution >= 0.6 is 0 Å². The number of aromatic nitrogens is 2. The quantitative estimate of drug-likeness (QED) is 0.683. The molecule has 2 aliphatic heterocycles. The fourth-order valence-electron chi connectivity index (χ4n) is 3.54. The molecule has 1 aromatic heterocycles. The van der Waals surface area contributed by atoms with Crippen molar-refractivity contribution in [2.45, 2.75) is 32.0 Å². The second-order valence-corrected chi connectivity index (χ2v) is 7.27. The number of likely N-dealkylation sites (N-methyl/N-ethyl adjacent to an activating group) is 1. The van der Waals surface area contributed by atoms with Crippen molar-refractivity contribution in [3.05, 3.63) is 24.4 Å². The minimum absolute atomic E-state index is 0.0413. The van der Waals surface area contributed by atoms with E-state index in [1.165, 1.54) is 6.20 Å². The van der Waals surface area contributed by atoms with Crippen LogP contribution in [0.15, 0.2) is 24.4 Å². The molecule has 0 radical (unpaired) electrons. The summed E-state index contributed by atoms with van der Waals surface area (Å²) in [5.74, 6) is -0.671. The molecular formula is C19H20F2N6O4. The molecule has 3 N–H and O–H groups in total. The zero-order valence-corrected chi connectivity index (χ0v) is 16.7. The number of imidazole rings is 1. The number of hydrogen-bond donors (Lipinski definition) is 2. The number of carbonyl (C=O) groups excluding carboxylic acids is 3. The number of nitrogens with zero attached hydrogens (tertiary/aromatic N) is 4. The summed E-state index contributed by atoms with van der Waals surface area (Å²) >= 11 is 0. The molecule has 2 atom stereocenters. The Morgan fingerprint density at radius 3 is 2.77 bits per heavy atom. The highest BCUT2D eigenvalue weighted by molar-refractivity contribution is 6.13. The van der Waals surface area contributed by atoms with Crippen LogP contribution in [0.5, 0.6) is 5.75 Å². The van der Waals surface area contributed by atoms with Gasteiger partial charge in [0.2, 0.25) is 5.91 Å². The van der Waals surface area contributed by atoms with Gasteiger partial charge in [0.15, 0.2) is 11.9 Å². The minimum Gasteiger partial charge on any atom is -0.491 e. The van der Waals surface area contributed by atoms with E-state index in [0.29, 0.717) is 34.3 Å². The molecule has 0 unspecified atom stereocenters. The van der Waals surface area contributed by atoms with Crippen LogP contribution in [-0.4, -0.2) is 64.5 Å². The van der Waals surface area contributed by atoms with Crippen LogP contribution in [0.3, 0.4) is 0 Å². The second-order valence-electron chi connectivity index (χ2n) is 7.27. The van der Waals surface area contributed by atoms with Crippen LogP contribution in [0.2, 0.25) is 0 Å². The van der Waals surface area contributed by atoms with E-state index >= 15 is 0 Å². The number of imide groups is 1. The van der Waals surface area contributed by atoms with Crippen LogP contribution in [0.4, 0.5) is 25.1 Å². The van der Waals surface area contributed by atoms with E-state index in [9.17, 15) is 23.2 Å². The number of nitrogens with one attached hydrogen (secondary N) is 1. The molecule has 1 fully saturated rings. The number of ether oxygens (including phenoxy) is 1. The Morgan fingerprint density at radius 2 is 2.10 bits per heavy atom. The van der Waals surface area contributed by atoms with Crippen molar-refractivity contribution in [3.63, 3.8) is 0 Å². The SMILES string of the molecule is C[C@H](Nc1ccc2c(c1)OCCn1cc(N3C(=O)N(C)C(=O)[C@H]3C(F)F)nc1-2)C(N)=O. The largest absolute Gasteiger partial charge is 0.491 e. The van der Waals surface area contributed by atoms with Crippen LogP contribution < -0.4 is 20.7 Å². The lowest BCUT2D eigenvalue weighted by molar-refractivity contribution is -0.129. The Balaban J connectivity index is 1.72. The summed E-state index contributed by atoms with van der Waals surface area (Å²) in [6.45, 7) is 2.23. The number of amides is 4. The number of rotatable bonds is 5. The van der Waals surface area contributed by atoms with Gasteiger partial charge in [-0.2, -0.15) is 0 Å². The molecule has 1 saturated heterocycles. The highest BCUT2D eigenvalue weighted by Crippen LogP contribution is 2.37. The van der Waals surface area contributed by atoms with Crippen molar-refractivity contribution in [2.24, 2.45) is 5.73 Å². The first-order valence-corrected chi connectivity index (χ1v) is 9.48. The molecule has 12 heteroatoms. The van der Waals surface area contributed by atoms with Crippen LogP contribution in [0.25, 0.3) is 11.4 Å². The number of nitrogens with two attached hydrogens (primary N) is 1. The van der Waals surface area contributed by atoms with Gasteiger partial charge in [-0.1, -0.05) is 0 Å². The molecule has 2 aromatic rings. The zero-order valence-electron chi connectivity index (χ0n) is 16.7. The van der Waals surface area contributed by atoms with Gasteiger partial charge in [-0.25, -0.2) is 18.6 Å². The van der Waals surface area contributed by atoms with Crippen LogP contribution in [0, 0.1) is 0 Å². The summed E-state index contributed by atoms with van der Waals surface area (Å²) in [6.07, 6.45) is -1.60. The standard InChI is InChI=1S/C19H20F2N6O4/c1-9(16(22)28)23-10-3-4-11-12(7-10)31-6-5-26-8-13(24-17(11)26)27-14(15(20)21)18(29)25(2)19(27)30/h3-4,7-9,14-15,23H,5-6H2,1-2H3,(H2,22,28)/t9-,14+/m0/s1. The first kappa shape index (κ1) is 20.6. The Hall–Kier alpha value is -3.70. The molecular weight excluding hydrogens is 414 g/mol. The summed E-state index contributed by atoms with van der Waals surface area (Å²) in [4.78, 5) is 41.6. The molecule has 1 aromatic carbocycles. The van der Waals surface area contributed by atoms with Gasteiger partial charge in [-0.3, -0.25) is 19.4 Å². The number of benzene rings is 1. The van der Waals surface area contributed by atoms with E-state index in [4.69, 9.17) is 10.5 Å².